The quantitative estimate of drug-likeness (QED) is 0.370. The van der Waals surface area contributed by atoms with Gasteiger partial charge in [0.15, 0.2) is 0 Å². The summed E-state index contributed by atoms with van der Waals surface area (Å²) in [5.74, 6) is 0.818. The highest BCUT2D eigenvalue weighted by molar-refractivity contribution is 5.97. The van der Waals surface area contributed by atoms with Gasteiger partial charge in [0.2, 0.25) is 0 Å². The minimum Gasteiger partial charge on any atom is -0.497 e. The fourth-order valence-corrected chi connectivity index (χ4v) is 3.68. The largest absolute Gasteiger partial charge is 0.497 e. The maximum Gasteiger partial charge on any atom is 0.257 e. The fraction of sp³-hybridized carbons (Fsp3) is 0.346. The van der Waals surface area contributed by atoms with Crippen LogP contribution in [0.15, 0.2) is 60.8 Å². The van der Waals surface area contributed by atoms with Crippen LogP contribution >= 0.6 is 0 Å². The van der Waals surface area contributed by atoms with Crippen molar-refractivity contribution in [2.45, 2.75) is 39.3 Å². The average molecular weight is 439 g/mol. The topological polar surface area (TPSA) is 43.7 Å². The normalized spacial score (nSPS) is 10.8. The van der Waals surface area contributed by atoms with Gasteiger partial charge in [-0.3, -0.25) is 4.79 Å². The van der Waals surface area contributed by atoms with Gasteiger partial charge in [-0.05, 0) is 48.4 Å². The molecule has 1 aromatic heterocycles. The molecule has 32 heavy (non-hydrogen) atoms. The Hall–Kier alpha value is -3.28. The van der Waals surface area contributed by atoms with Crippen molar-refractivity contribution in [2.24, 2.45) is 0 Å². The highest BCUT2D eigenvalue weighted by Gasteiger charge is 2.21. The van der Waals surface area contributed by atoms with E-state index in [9.17, 15) is 9.18 Å². The van der Waals surface area contributed by atoms with Crippen molar-refractivity contribution in [3.05, 3.63) is 83.4 Å². The SMILES string of the molecule is CCCCCN(Cc1cccn1Cc1ccc(F)cc1)C(=O)c1ccc(OC)cc1OC. The summed E-state index contributed by atoms with van der Waals surface area (Å²) in [6, 6.07) is 15.8. The van der Waals surface area contributed by atoms with Crippen LogP contribution in [0.5, 0.6) is 11.5 Å². The number of nitrogens with zero attached hydrogens (tertiary/aromatic N) is 2. The first-order valence-electron chi connectivity index (χ1n) is 11.0. The van der Waals surface area contributed by atoms with Crippen molar-refractivity contribution >= 4 is 5.91 Å². The van der Waals surface area contributed by atoms with Crippen molar-refractivity contribution in [1.82, 2.24) is 9.47 Å². The van der Waals surface area contributed by atoms with Crippen LogP contribution < -0.4 is 9.47 Å². The minimum atomic E-state index is -0.248. The Morgan fingerprint density at radius 2 is 1.81 bits per heavy atom. The van der Waals surface area contributed by atoms with Gasteiger partial charge in [0.25, 0.3) is 5.91 Å². The molecule has 0 aliphatic heterocycles. The zero-order chi connectivity index (χ0) is 22.9. The fourth-order valence-electron chi connectivity index (χ4n) is 3.68. The van der Waals surface area contributed by atoms with Gasteiger partial charge in [-0.25, -0.2) is 4.39 Å². The van der Waals surface area contributed by atoms with Gasteiger partial charge in [-0.1, -0.05) is 31.9 Å². The second-order valence-electron chi connectivity index (χ2n) is 7.75. The molecule has 3 aromatic rings. The van der Waals surface area contributed by atoms with Crippen LogP contribution in [0.3, 0.4) is 0 Å². The molecule has 0 atom stereocenters. The number of aromatic nitrogens is 1. The lowest BCUT2D eigenvalue weighted by Crippen LogP contribution is -2.32. The van der Waals surface area contributed by atoms with E-state index in [0.29, 0.717) is 36.7 Å². The van der Waals surface area contributed by atoms with E-state index in [1.165, 1.54) is 12.1 Å². The van der Waals surface area contributed by atoms with Crippen LogP contribution in [0.1, 0.15) is 47.8 Å². The van der Waals surface area contributed by atoms with Crippen molar-refractivity contribution in [1.29, 1.82) is 0 Å². The second-order valence-corrected chi connectivity index (χ2v) is 7.75. The first kappa shape index (κ1) is 23.4. The molecule has 0 unspecified atom stereocenters. The molecule has 3 rings (SSSR count). The highest BCUT2D eigenvalue weighted by Crippen LogP contribution is 2.26. The van der Waals surface area contributed by atoms with E-state index in [0.717, 1.165) is 30.5 Å². The Balaban J connectivity index is 1.83. The van der Waals surface area contributed by atoms with E-state index in [2.05, 4.69) is 11.5 Å². The van der Waals surface area contributed by atoms with E-state index >= 15 is 0 Å². The van der Waals surface area contributed by atoms with Crippen LogP contribution in [0.4, 0.5) is 4.39 Å². The Morgan fingerprint density at radius 3 is 2.50 bits per heavy atom. The monoisotopic (exact) mass is 438 g/mol. The molecule has 0 saturated carbocycles. The molecule has 1 amide bonds. The van der Waals surface area contributed by atoms with E-state index in [-0.39, 0.29) is 11.7 Å². The van der Waals surface area contributed by atoms with Gasteiger partial charge >= 0.3 is 0 Å². The molecule has 5 nitrogen and oxygen atoms in total. The Kier molecular flexibility index (Phi) is 8.31. The smallest absolute Gasteiger partial charge is 0.257 e. The lowest BCUT2D eigenvalue weighted by atomic mass is 10.1. The maximum absolute atomic E-state index is 13.5. The molecule has 0 bridgehead atoms. The first-order valence-corrected chi connectivity index (χ1v) is 11.0. The molecule has 0 aliphatic rings. The van der Waals surface area contributed by atoms with Crippen LogP contribution in [-0.2, 0) is 13.1 Å². The lowest BCUT2D eigenvalue weighted by molar-refractivity contribution is 0.0733. The number of hydrogen-bond acceptors (Lipinski definition) is 3. The second kappa shape index (κ2) is 11.4. The van der Waals surface area contributed by atoms with Gasteiger partial charge in [0.05, 0.1) is 26.3 Å². The number of benzene rings is 2. The van der Waals surface area contributed by atoms with E-state index in [1.807, 2.05) is 23.2 Å². The molecule has 1 heterocycles. The zero-order valence-corrected chi connectivity index (χ0v) is 19.0. The number of halogens is 1. The third-order valence-corrected chi connectivity index (χ3v) is 5.50. The van der Waals surface area contributed by atoms with Crippen LogP contribution in [-0.4, -0.2) is 36.1 Å². The van der Waals surface area contributed by atoms with Crippen molar-refractivity contribution in [3.8, 4) is 11.5 Å². The number of amides is 1. The van der Waals surface area contributed by atoms with E-state index < -0.39 is 0 Å². The molecule has 2 aromatic carbocycles. The van der Waals surface area contributed by atoms with Gasteiger partial charge in [0.1, 0.15) is 17.3 Å². The summed E-state index contributed by atoms with van der Waals surface area (Å²) in [6.07, 6.45) is 5.05. The standard InChI is InChI=1S/C26H31FN2O3/c1-4-5-6-15-29(26(30)24-14-13-23(31-2)17-25(24)32-3)19-22-8-7-16-28(22)18-20-9-11-21(27)12-10-20/h7-14,16-17H,4-6,15,18-19H2,1-3H3. The summed E-state index contributed by atoms with van der Waals surface area (Å²) in [5.41, 5.74) is 2.54. The molecule has 0 fully saturated rings. The summed E-state index contributed by atoms with van der Waals surface area (Å²) in [7, 11) is 3.14. The van der Waals surface area contributed by atoms with Gasteiger partial charge in [-0.15, -0.1) is 0 Å². The molecule has 0 saturated heterocycles. The zero-order valence-electron chi connectivity index (χ0n) is 19.0. The van der Waals surface area contributed by atoms with E-state index in [4.69, 9.17) is 9.47 Å². The molecular weight excluding hydrogens is 407 g/mol. The van der Waals surface area contributed by atoms with Crippen molar-refractivity contribution in [3.63, 3.8) is 0 Å². The number of methoxy groups -OCH3 is 2. The Morgan fingerprint density at radius 1 is 1.03 bits per heavy atom. The highest BCUT2D eigenvalue weighted by atomic mass is 19.1. The molecule has 0 spiro atoms. The lowest BCUT2D eigenvalue weighted by Gasteiger charge is -2.25. The van der Waals surface area contributed by atoms with Gasteiger partial charge in [-0.2, -0.15) is 0 Å². The molecule has 0 radical (unpaired) electrons. The number of carbonyl (C=O) groups is 1. The summed E-state index contributed by atoms with van der Waals surface area (Å²) in [4.78, 5) is 15.4. The molecule has 170 valence electrons. The molecule has 6 heteroatoms. The van der Waals surface area contributed by atoms with Crippen LogP contribution in [0.2, 0.25) is 0 Å². The predicted octanol–water partition coefficient (Wildman–Crippen LogP) is 5.53. The Bertz CT molecular complexity index is 1010. The number of ether oxygens (including phenoxy) is 2. The third kappa shape index (κ3) is 5.90. The number of carbonyl (C=O) groups excluding carboxylic acids is 1. The van der Waals surface area contributed by atoms with Crippen LogP contribution in [0, 0.1) is 5.82 Å². The number of unbranched alkanes of at least 4 members (excludes halogenated alkanes) is 2. The van der Waals surface area contributed by atoms with E-state index in [1.54, 1.807) is 44.6 Å². The van der Waals surface area contributed by atoms with Crippen molar-refractivity contribution in [2.75, 3.05) is 20.8 Å². The van der Waals surface area contributed by atoms with Crippen molar-refractivity contribution < 1.29 is 18.7 Å². The maximum atomic E-state index is 13.5. The van der Waals surface area contributed by atoms with Gasteiger partial charge < -0.3 is 18.9 Å². The third-order valence-electron chi connectivity index (χ3n) is 5.50. The minimum absolute atomic E-state index is 0.0739. The average Bonchev–Trinajstić information content (AvgIpc) is 3.25. The first-order chi connectivity index (χ1) is 15.5. The number of rotatable bonds is 11. The summed E-state index contributed by atoms with van der Waals surface area (Å²) < 4.78 is 26.1. The van der Waals surface area contributed by atoms with Gasteiger partial charge in [0, 0.05) is 31.0 Å². The number of hydrogen-bond donors (Lipinski definition) is 0. The molecular formula is C26H31FN2O3. The predicted molar refractivity (Wildman–Crippen MR) is 124 cm³/mol. The summed E-state index contributed by atoms with van der Waals surface area (Å²) >= 11 is 0. The summed E-state index contributed by atoms with van der Waals surface area (Å²) in [5, 5.41) is 0. The Labute approximate surface area is 189 Å². The molecule has 0 aliphatic carbocycles. The van der Waals surface area contributed by atoms with Crippen LogP contribution in [0.25, 0.3) is 0 Å². The summed E-state index contributed by atoms with van der Waals surface area (Å²) in [6.45, 7) is 3.90. The molecule has 0 N–H and O–H groups in total.